The molecule has 0 radical (unpaired) electrons. The number of hydrogen-bond acceptors (Lipinski definition) is 7. The highest BCUT2D eigenvalue weighted by Crippen LogP contribution is 2.39. The van der Waals surface area contributed by atoms with E-state index in [4.69, 9.17) is 14.9 Å². The molecule has 1 unspecified atom stereocenters. The summed E-state index contributed by atoms with van der Waals surface area (Å²) in [7, 11) is 0. The molecule has 24 heavy (non-hydrogen) atoms. The topological polar surface area (TPSA) is 152 Å². The number of nitrogens with one attached hydrogen (secondary N) is 2. The lowest BCUT2D eigenvalue weighted by molar-refractivity contribution is -0.147. The van der Waals surface area contributed by atoms with Gasteiger partial charge in [0.2, 0.25) is 5.60 Å². The van der Waals surface area contributed by atoms with E-state index in [2.05, 4.69) is 9.98 Å². The molecule has 0 amide bonds. The van der Waals surface area contributed by atoms with Crippen LogP contribution < -0.4 is 0 Å². The van der Waals surface area contributed by atoms with Crippen molar-refractivity contribution in [3.63, 3.8) is 0 Å². The quantitative estimate of drug-likeness (QED) is 0.333. The summed E-state index contributed by atoms with van der Waals surface area (Å²) in [6.07, 6.45) is -3.08. The van der Waals surface area contributed by atoms with Crippen LogP contribution >= 0.6 is 0 Å². The number of carbonyl (C=O) groups is 1. The molecule has 0 spiro atoms. The molecule has 9 heteroatoms. The third kappa shape index (κ3) is 3.07. The number of aliphatic imine (C=N–C) groups is 1. The number of nitrogens with zero attached hydrogens (tertiary/aromatic N) is 2. The first-order valence-electron chi connectivity index (χ1n) is 7.17. The van der Waals surface area contributed by atoms with Crippen LogP contribution in [0.1, 0.15) is 25.2 Å². The zero-order valence-electron chi connectivity index (χ0n) is 13.2. The third-order valence-electron chi connectivity index (χ3n) is 3.81. The normalized spacial score (nSPS) is 30.0. The number of H-pyrrole nitrogens is 1. The predicted molar refractivity (Wildman–Crippen MR) is 82.6 cm³/mol. The molecular weight excluding hydrogens is 316 g/mol. The van der Waals surface area contributed by atoms with Gasteiger partial charge in [0, 0.05) is 6.92 Å². The maximum absolute atomic E-state index is 10.9. The minimum absolute atomic E-state index is 0.233. The summed E-state index contributed by atoms with van der Waals surface area (Å²) in [5.41, 5.74) is -0.546. The first-order valence-corrected chi connectivity index (χ1v) is 7.17. The van der Waals surface area contributed by atoms with Crippen molar-refractivity contribution < 1.29 is 24.5 Å². The second-order valence-corrected chi connectivity index (χ2v) is 5.37. The molecule has 1 aliphatic rings. The molecule has 2 heterocycles. The average Bonchev–Trinajstić information content (AvgIpc) is 3.12. The number of hydrogen-bond donors (Lipinski definition) is 4. The summed E-state index contributed by atoms with van der Waals surface area (Å²) in [4.78, 5) is 17.6. The monoisotopic (exact) mass is 334 g/mol. The first-order chi connectivity index (χ1) is 11.4. The second-order valence-electron chi connectivity index (χ2n) is 5.37. The van der Waals surface area contributed by atoms with E-state index in [9.17, 15) is 20.3 Å². The van der Waals surface area contributed by atoms with Crippen LogP contribution in [0.25, 0.3) is 0 Å². The summed E-state index contributed by atoms with van der Waals surface area (Å²) < 4.78 is 10.4. The molecule has 1 fully saturated rings. The number of esters is 1. The van der Waals surface area contributed by atoms with E-state index < -0.39 is 29.9 Å². The van der Waals surface area contributed by atoms with Crippen molar-refractivity contribution >= 4 is 18.0 Å². The standard InChI is InChI=1S/C15H18N4O5/c1-8(18-7-17)10-3-4-12(19-10)15(6-16)14(22)13(21)11(24-15)5-23-9(2)20/h3-4,7,11,13-14,17,19,21-22H,5H2,1-2H3/t11?,13-,14-,15+/m1/s1. The van der Waals surface area contributed by atoms with Crippen LogP contribution in [-0.2, 0) is 19.9 Å². The number of nitriles is 1. The molecule has 0 bridgehead atoms. The van der Waals surface area contributed by atoms with Gasteiger partial charge in [-0.2, -0.15) is 5.26 Å². The Balaban J connectivity index is 2.32. The Morgan fingerprint density at radius 3 is 2.88 bits per heavy atom. The highest BCUT2D eigenvalue weighted by atomic mass is 16.6. The van der Waals surface area contributed by atoms with Crippen LogP contribution in [0, 0.1) is 16.7 Å². The van der Waals surface area contributed by atoms with Crippen molar-refractivity contribution in [3.05, 3.63) is 23.5 Å². The van der Waals surface area contributed by atoms with Crippen LogP contribution in [0.3, 0.4) is 0 Å². The Kier molecular flexibility index (Phi) is 5.14. The summed E-state index contributed by atoms with van der Waals surface area (Å²) in [6.45, 7) is 2.60. The molecule has 9 nitrogen and oxygen atoms in total. The number of carbonyl (C=O) groups excluding carboxylic acids is 1. The van der Waals surface area contributed by atoms with Gasteiger partial charge in [-0.25, -0.2) is 4.99 Å². The van der Waals surface area contributed by atoms with E-state index in [0.29, 0.717) is 11.4 Å². The van der Waals surface area contributed by atoms with Crippen LogP contribution in [0.2, 0.25) is 0 Å². The number of rotatable bonds is 5. The number of aliphatic hydroxyl groups is 2. The highest BCUT2D eigenvalue weighted by molar-refractivity contribution is 6.00. The Bertz CT molecular complexity index is 707. The molecule has 2 rings (SSSR count). The van der Waals surface area contributed by atoms with E-state index in [1.54, 1.807) is 13.0 Å². The van der Waals surface area contributed by atoms with Gasteiger partial charge in [-0.1, -0.05) is 0 Å². The minimum atomic E-state index is -1.83. The summed E-state index contributed by atoms with van der Waals surface area (Å²) in [5.74, 6) is -0.560. The van der Waals surface area contributed by atoms with E-state index in [0.717, 1.165) is 6.34 Å². The van der Waals surface area contributed by atoms with Gasteiger partial charge in [0.25, 0.3) is 0 Å². The van der Waals surface area contributed by atoms with Crippen LogP contribution in [0.15, 0.2) is 17.1 Å². The fourth-order valence-corrected chi connectivity index (χ4v) is 2.52. The van der Waals surface area contributed by atoms with Gasteiger partial charge in [0.15, 0.2) is 0 Å². The van der Waals surface area contributed by atoms with E-state index in [-0.39, 0.29) is 12.3 Å². The summed E-state index contributed by atoms with van der Waals surface area (Å²) in [6, 6.07) is 5.04. The molecule has 0 aromatic carbocycles. The fourth-order valence-electron chi connectivity index (χ4n) is 2.52. The molecule has 1 saturated heterocycles. The molecular formula is C15H18N4O5. The van der Waals surface area contributed by atoms with Gasteiger partial charge in [-0.15, -0.1) is 0 Å². The molecule has 1 aliphatic heterocycles. The molecule has 1 aromatic rings. The van der Waals surface area contributed by atoms with E-state index in [1.807, 2.05) is 6.07 Å². The Morgan fingerprint density at radius 2 is 2.29 bits per heavy atom. The first kappa shape index (κ1) is 17.8. The fraction of sp³-hybridized carbons (Fsp3) is 0.467. The van der Waals surface area contributed by atoms with Crippen LogP contribution in [0.4, 0.5) is 0 Å². The Labute approximate surface area is 138 Å². The van der Waals surface area contributed by atoms with Crippen molar-refractivity contribution in [3.8, 4) is 6.07 Å². The third-order valence-corrected chi connectivity index (χ3v) is 3.81. The van der Waals surface area contributed by atoms with Crippen LogP contribution in [-0.4, -0.2) is 58.1 Å². The Morgan fingerprint density at radius 1 is 1.58 bits per heavy atom. The van der Waals surface area contributed by atoms with Crippen molar-refractivity contribution in [2.24, 2.45) is 4.99 Å². The molecule has 0 saturated carbocycles. The number of aromatic amines is 1. The lowest BCUT2D eigenvalue weighted by atomic mass is 9.93. The van der Waals surface area contributed by atoms with Crippen LogP contribution in [0.5, 0.6) is 0 Å². The van der Waals surface area contributed by atoms with Crippen molar-refractivity contribution in [2.75, 3.05) is 6.61 Å². The van der Waals surface area contributed by atoms with Crippen molar-refractivity contribution in [1.82, 2.24) is 4.98 Å². The van der Waals surface area contributed by atoms with Gasteiger partial charge >= 0.3 is 5.97 Å². The average molecular weight is 334 g/mol. The zero-order valence-corrected chi connectivity index (χ0v) is 13.2. The molecule has 4 N–H and O–H groups in total. The lowest BCUT2D eigenvalue weighted by Gasteiger charge is -2.23. The number of aromatic nitrogens is 1. The second kappa shape index (κ2) is 6.92. The van der Waals surface area contributed by atoms with E-state index >= 15 is 0 Å². The van der Waals surface area contributed by atoms with Gasteiger partial charge in [-0.05, 0) is 19.1 Å². The SMILES string of the molecule is CC(=O)OCC1O[C@@](C#N)(c2ccc(C(C)=NC=N)[nH]2)[C@H](O)[C@@H]1O. The largest absolute Gasteiger partial charge is 0.463 e. The molecule has 0 aliphatic carbocycles. The smallest absolute Gasteiger partial charge is 0.302 e. The predicted octanol–water partition coefficient (Wildman–Crippen LogP) is -0.167. The minimum Gasteiger partial charge on any atom is -0.463 e. The van der Waals surface area contributed by atoms with E-state index in [1.165, 1.54) is 13.0 Å². The van der Waals surface area contributed by atoms with Crippen molar-refractivity contribution in [1.29, 1.82) is 10.7 Å². The van der Waals surface area contributed by atoms with Gasteiger partial charge in [0.1, 0.15) is 37.3 Å². The van der Waals surface area contributed by atoms with Gasteiger partial charge in [-0.3, -0.25) is 10.2 Å². The lowest BCUT2D eigenvalue weighted by Crippen LogP contribution is -2.40. The summed E-state index contributed by atoms with van der Waals surface area (Å²) in [5, 5.41) is 37.0. The number of ether oxygens (including phenoxy) is 2. The molecule has 128 valence electrons. The zero-order chi connectivity index (χ0) is 17.9. The number of aliphatic hydroxyl groups excluding tert-OH is 2. The van der Waals surface area contributed by atoms with Crippen molar-refractivity contribution in [2.45, 2.75) is 37.8 Å². The van der Waals surface area contributed by atoms with Gasteiger partial charge < -0.3 is 24.7 Å². The summed E-state index contributed by atoms with van der Waals surface area (Å²) >= 11 is 0. The maximum Gasteiger partial charge on any atom is 0.302 e. The van der Waals surface area contributed by atoms with Gasteiger partial charge in [0.05, 0.1) is 17.1 Å². The maximum atomic E-state index is 10.9. The Hall–Kier alpha value is -2.54. The highest BCUT2D eigenvalue weighted by Gasteiger charge is 2.57. The molecule has 1 aromatic heterocycles. The molecule has 4 atom stereocenters.